The second-order valence-corrected chi connectivity index (χ2v) is 14.7. The molecule has 2 heterocycles. The maximum absolute atomic E-state index is 14.5. The van der Waals surface area contributed by atoms with Crippen LogP contribution in [0.3, 0.4) is 0 Å². The zero-order chi connectivity index (χ0) is 31.3. The van der Waals surface area contributed by atoms with E-state index < -0.39 is 19.2 Å². The SMILES string of the molecule is CCOP(C)(=O)c1ccc2c(C(C)=O)nn(CC(=O)N3C4CC4(CN(C)C)C[C@H]3C(=O)NCc3cccc(Cl)c3F)c2c1. The smallest absolute Gasteiger partial charge is 0.245 e. The van der Waals surface area contributed by atoms with Crippen LogP contribution in [0, 0.1) is 11.2 Å². The van der Waals surface area contributed by atoms with Gasteiger partial charge in [0.2, 0.25) is 19.2 Å². The molecule has 2 aliphatic rings. The zero-order valence-corrected chi connectivity index (χ0v) is 26.5. The maximum Gasteiger partial charge on any atom is 0.245 e. The fraction of sp³-hybridized carbons (Fsp3) is 0.467. The standard InChI is InChI=1S/C30H36ClFN5O5P/c1-6-42-43(5,41)20-10-11-21-23(12-20)36(34-28(21)18(2)38)16-26(39)37-24(13-30(14-25(30)37)17-35(3)4)29(40)33-15-19-8-7-9-22(31)27(19)32/h7-12,24-25H,6,13-17H2,1-5H3,(H,33,40)/t24-,25?,30?,43?/m0/s1. The number of carbonyl (C=O) groups excluding carboxylic acids is 3. The molecule has 2 fully saturated rings. The lowest BCUT2D eigenvalue weighted by molar-refractivity contribution is -0.140. The third-order valence-corrected chi connectivity index (χ3v) is 10.6. The zero-order valence-electron chi connectivity index (χ0n) is 24.9. The van der Waals surface area contributed by atoms with Gasteiger partial charge < -0.3 is 19.6 Å². The Morgan fingerprint density at radius 2 is 1.98 bits per heavy atom. The van der Waals surface area contributed by atoms with E-state index in [0.717, 1.165) is 6.42 Å². The Hall–Kier alpha value is -3.11. The summed E-state index contributed by atoms with van der Waals surface area (Å²) in [6.07, 6.45) is 1.24. The molecule has 13 heteroatoms. The van der Waals surface area contributed by atoms with E-state index in [-0.39, 0.29) is 65.0 Å². The number of likely N-dealkylation sites (tertiary alicyclic amines) is 1. The van der Waals surface area contributed by atoms with E-state index >= 15 is 0 Å². The van der Waals surface area contributed by atoms with Gasteiger partial charge in [0.15, 0.2) is 5.78 Å². The first-order valence-corrected chi connectivity index (χ1v) is 16.6. The fourth-order valence-corrected chi connectivity index (χ4v) is 7.92. The third-order valence-electron chi connectivity index (χ3n) is 8.32. The lowest BCUT2D eigenvalue weighted by atomic mass is 9.98. The van der Waals surface area contributed by atoms with E-state index in [9.17, 15) is 23.3 Å². The largest absolute Gasteiger partial charge is 0.350 e. The van der Waals surface area contributed by atoms with Gasteiger partial charge in [-0.25, -0.2) is 4.39 Å². The van der Waals surface area contributed by atoms with Gasteiger partial charge in [-0.1, -0.05) is 23.7 Å². The van der Waals surface area contributed by atoms with Crippen molar-refractivity contribution < 1.29 is 27.9 Å². The highest BCUT2D eigenvalue weighted by Crippen LogP contribution is 2.59. The molecule has 3 aromatic rings. The third kappa shape index (κ3) is 6.00. The highest BCUT2D eigenvalue weighted by Gasteiger charge is 2.67. The van der Waals surface area contributed by atoms with Crippen molar-refractivity contribution in [2.24, 2.45) is 5.41 Å². The molecule has 0 bridgehead atoms. The number of nitrogens with zero attached hydrogens (tertiary/aromatic N) is 4. The van der Waals surface area contributed by atoms with Crippen LogP contribution in [-0.2, 0) is 31.8 Å². The highest BCUT2D eigenvalue weighted by atomic mass is 35.5. The molecule has 2 amide bonds. The van der Waals surface area contributed by atoms with E-state index in [2.05, 4.69) is 10.4 Å². The molecule has 3 unspecified atom stereocenters. The molecule has 1 aliphatic carbocycles. The van der Waals surface area contributed by atoms with E-state index in [1.165, 1.54) is 24.3 Å². The molecule has 230 valence electrons. The average Bonchev–Trinajstić information content (AvgIpc) is 3.33. The summed E-state index contributed by atoms with van der Waals surface area (Å²) in [5.41, 5.74) is 0.702. The van der Waals surface area contributed by atoms with Crippen molar-refractivity contribution in [2.45, 2.75) is 51.9 Å². The summed E-state index contributed by atoms with van der Waals surface area (Å²) >= 11 is 5.91. The summed E-state index contributed by atoms with van der Waals surface area (Å²) in [7, 11) is 0.770. The van der Waals surface area contributed by atoms with Gasteiger partial charge in [-0.3, -0.25) is 23.6 Å². The number of fused-ring (bicyclic) bond motifs is 2. The highest BCUT2D eigenvalue weighted by molar-refractivity contribution is 7.66. The van der Waals surface area contributed by atoms with Crippen LogP contribution in [0.5, 0.6) is 0 Å². The maximum atomic E-state index is 14.5. The molecule has 1 saturated heterocycles. The van der Waals surface area contributed by atoms with E-state index in [1.807, 2.05) is 19.0 Å². The van der Waals surface area contributed by atoms with Crippen molar-refractivity contribution in [3.63, 3.8) is 0 Å². The monoisotopic (exact) mass is 631 g/mol. The number of benzene rings is 2. The molecule has 10 nitrogen and oxygen atoms in total. The van der Waals surface area contributed by atoms with Crippen LogP contribution in [0.4, 0.5) is 4.39 Å². The predicted molar refractivity (Wildman–Crippen MR) is 162 cm³/mol. The van der Waals surface area contributed by atoms with Crippen LogP contribution < -0.4 is 10.6 Å². The Balaban J connectivity index is 1.44. The first kappa shape index (κ1) is 31.3. The summed E-state index contributed by atoms with van der Waals surface area (Å²) in [6.45, 7) is 5.36. The van der Waals surface area contributed by atoms with Crippen molar-refractivity contribution in [3.8, 4) is 0 Å². The minimum absolute atomic E-state index is 0.0316. The molecule has 1 aromatic heterocycles. The van der Waals surface area contributed by atoms with Crippen molar-refractivity contribution in [3.05, 3.63) is 58.5 Å². The van der Waals surface area contributed by atoms with Gasteiger partial charge in [0, 0.05) is 54.4 Å². The molecule has 4 atom stereocenters. The lowest BCUT2D eigenvalue weighted by Crippen LogP contribution is -2.48. The second kappa shape index (κ2) is 11.8. The fourth-order valence-electron chi connectivity index (χ4n) is 6.38. The van der Waals surface area contributed by atoms with Crippen molar-refractivity contribution in [2.75, 3.05) is 33.9 Å². The average molecular weight is 632 g/mol. The molecule has 0 spiro atoms. The van der Waals surface area contributed by atoms with Crippen molar-refractivity contribution >= 4 is 52.8 Å². The number of rotatable bonds is 11. The van der Waals surface area contributed by atoms with E-state index in [1.54, 1.807) is 42.2 Å². The van der Waals surface area contributed by atoms with Gasteiger partial charge in [-0.15, -0.1) is 0 Å². The first-order chi connectivity index (χ1) is 20.3. The number of nitrogens with one attached hydrogen (secondary N) is 1. The molecule has 1 N–H and O–H groups in total. The molecule has 5 rings (SSSR count). The lowest BCUT2D eigenvalue weighted by Gasteiger charge is -2.27. The molecular formula is C30H36ClFN5O5P. The van der Waals surface area contributed by atoms with Crippen LogP contribution in [0.15, 0.2) is 36.4 Å². The number of amides is 2. The van der Waals surface area contributed by atoms with Crippen molar-refractivity contribution in [1.29, 1.82) is 0 Å². The van der Waals surface area contributed by atoms with E-state index in [4.69, 9.17) is 16.1 Å². The van der Waals surface area contributed by atoms with Gasteiger partial charge >= 0.3 is 0 Å². The number of Topliss-reactive ketones (excluding diaryl/α,β-unsaturated/α-hetero) is 1. The Bertz CT molecular complexity index is 1660. The molecular weight excluding hydrogens is 596 g/mol. The number of piperidine rings is 1. The summed E-state index contributed by atoms with van der Waals surface area (Å²) in [6, 6.07) is 8.69. The quantitative estimate of drug-likeness (QED) is 0.253. The predicted octanol–water partition coefficient (Wildman–Crippen LogP) is 3.84. The van der Waals surface area contributed by atoms with Gasteiger partial charge in [0.05, 0.1) is 17.1 Å². The summed E-state index contributed by atoms with van der Waals surface area (Å²) in [5.74, 6) is -1.57. The normalized spacial score (nSPS) is 22.5. The number of aromatic nitrogens is 2. The van der Waals surface area contributed by atoms with E-state index in [0.29, 0.717) is 29.2 Å². The molecule has 2 aromatic carbocycles. The number of halogens is 2. The second-order valence-electron chi connectivity index (χ2n) is 11.8. The molecule has 0 radical (unpaired) electrons. The van der Waals surface area contributed by atoms with Crippen LogP contribution in [0.2, 0.25) is 5.02 Å². The van der Waals surface area contributed by atoms with Crippen LogP contribution in [0.1, 0.15) is 42.7 Å². The molecule has 43 heavy (non-hydrogen) atoms. The van der Waals surface area contributed by atoms with Crippen LogP contribution >= 0.6 is 19.0 Å². The minimum atomic E-state index is -3.14. The van der Waals surface area contributed by atoms with Gasteiger partial charge in [-0.2, -0.15) is 5.10 Å². The van der Waals surface area contributed by atoms with Gasteiger partial charge in [-0.05, 0) is 58.1 Å². The first-order valence-electron chi connectivity index (χ1n) is 14.2. The molecule has 1 saturated carbocycles. The van der Waals surface area contributed by atoms with Crippen LogP contribution in [-0.4, -0.2) is 83.2 Å². The summed E-state index contributed by atoms with van der Waals surface area (Å²) in [4.78, 5) is 43.6. The Morgan fingerprint density at radius 1 is 1.23 bits per heavy atom. The number of hydrogen-bond acceptors (Lipinski definition) is 7. The Kier molecular flexibility index (Phi) is 8.57. The Labute approximate surface area is 254 Å². The number of ketones is 1. The topological polar surface area (TPSA) is 114 Å². The number of carbonyl (C=O) groups is 3. The summed E-state index contributed by atoms with van der Waals surface area (Å²) in [5, 5.41) is 8.21. The van der Waals surface area contributed by atoms with Gasteiger partial charge in [0.1, 0.15) is 24.1 Å². The van der Waals surface area contributed by atoms with Gasteiger partial charge in [0.25, 0.3) is 0 Å². The Morgan fingerprint density at radius 3 is 2.65 bits per heavy atom. The van der Waals surface area contributed by atoms with Crippen LogP contribution in [0.25, 0.3) is 10.9 Å². The summed E-state index contributed by atoms with van der Waals surface area (Å²) < 4.78 is 34.6. The minimum Gasteiger partial charge on any atom is -0.350 e. The molecule has 1 aliphatic heterocycles. The number of hydrogen-bond donors (Lipinski definition) is 1. The van der Waals surface area contributed by atoms with Crippen molar-refractivity contribution in [1.82, 2.24) is 24.9 Å².